The number of carbonyl (C=O) groups excluding carboxylic acids is 1. The van der Waals surface area contributed by atoms with E-state index < -0.39 is 0 Å². The zero-order valence-corrected chi connectivity index (χ0v) is 20.0. The first-order valence-electron chi connectivity index (χ1n) is 10.7. The van der Waals surface area contributed by atoms with Gasteiger partial charge < -0.3 is 4.90 Å². The largest absolute Gasteiger partial charge is 0.378 e. The molecule has 3 aromatic carbocycles. The summed E-state index contributed by atoms with van der Waals surface area (Å²) < 4.78 is 1.57. The van der Waals surface area contributed by atoms with Crippen molar-refractivity contribution in [1.82, 2.24) is 15.0 Å². The van der Waals surface area contributed by atoms with Gasteiger partial charge in [-0.1, -0.05) is 54.2 Å². The van der Waals surface area contributed by atoms with E-state index >= 15 is 0 Å². The average Bonchev–Trinajstić information content (AvgIpc) is 2.84. The molecule has 0 radical (unpaired) electrons. The van der Waals surface area contributed by atoms with E-state index in [2.05, 4.69) is 15.5 Å². The molecule has 34 heavy (non-hydrogen) atoms. The van der Waals surface area contributed by atoms with Crippen LogP contribution in [0.15, 0.2) is 87.8 Å². The summed E-state index contributed by atoms with van der Waals surface area (Å²) in [4.78, 5) is 32.5. The van der Waals surface area contributed by atoms with Crippen molar-refractivity contribution in [3.63, 3.8) is 0 Å². The van der Waals surface area contributed by atoms with Crippen molar-refractivity contribution in [2.45, 2.75) is 12.1 Å². The van der Waals surface area contributed by atoms with Gasteiger partial charge in [-0.25, -0.2) is 10.4 Å². The summed E-state index contributed by atoms with van der Waals surface area (Å²) in [6.45, 7) is 1.94. The van der Waals surface area contributed by atoms with Gasteiger partial charge in [0.25, 0.3) is 11.5 Å². The van der Waals surface area contributed by atoms with E-state index in [9.17, 15) is 9.59 Å². The number of carbonyl (C=O) groups is 1. The molecule has 8 heteroatoms. The van der Waals surface area contributed by atoms with Crippen LogP contribution in [0.2, 0.25) is 0 Å². The molecule has 7 nitrogen and oxygen atoms in total. The second kappa shape index (κ2) is 10.4. The van der Waals surface area contributed by atoms with Gasteiger partial charge in [0.2, 0.25) is 0 Å². The third-order valence-electron chi connectivity index (χ3n) is 5.25. The predicted octanol–water partition coefficient (Wildman–Crippen LogP) is 4.00. The third kappa shape index (κ3) is 5.18. The minimum Gasteiger partial charge on any atom is -0.378 e. The fourth-order valence-corrected chi connectivity index (χ4v) is 4.23. The van der Waals surface area contributed by atoms with Crippen molar-refractivity contribution in [3.8, 4) is 5.69 Å². The highest BCUT2D eigenvalue weighted by Crippen LogP contribution is 2.23. The van der Waals surface area contributed by atoms with E-state index in [1.165, 1.54) is 11.8 Å². The lowest BCUT2D eigenvalue weighted by atomic mass is 10.2. The highest BCUT2D eigenvalue weighted by molar-refractivity contribution is 7.99. The number of amides is 1. The Morgan fingerprint density at radius 2 is 1.76 bits per heavy atom. The molecule has 0 aliphatic carbocycles. The fraction of sp³-hybridized carbons (Fsp3) is 0.154. The zero-order chi connectivity index (χ0) is 24.1. The first-order valence-corrected chi connectivity index (χ1v) is 11.7. The average molecular weight is 472 g/mol. The Kier molecular flexibility index (Phi) is 7.08. The minimum atomic E-state index is -0.287. The SMILES string of the molecule is Cc1ccccc1-n1c(SCC(=O)N/N=C\c2ccc(N(C)C)cc2)nc2ccccc2c1=O. The Balaban J connectivity index is 1.52. The molecule has 0 aliphatic rings. The van der Waals surface area contributed by atoms with Crippen molar-refractivity contribution < 1.29 is 4.79 Å². The summed E-state index contributed by atoms with van der Waals surface area (Å²) >= 11 is 1.20. The van der Waals surface area contributed by atoms with Gasteiger partial charge in [0.05, 0.1) is 28.6 Å². The molecule has 172 valence electrons. The second-order valence-electron chi connectivity index (χ2n) is 7.91. The highest BCUT2D eigenvalue weighted by atomic mass is 32.2. The molecule has 4 rings (SSSR count). The number of anilines is 1. The number of aromatic nitrogens is 2. The standard InChI is InChI=1S/C26H25N5O2S/c1-18-8-4-7-11-23(18)31-25(33)21-9-5-6-10-22(21)28-26(31)34-17-24(32)29-27-16-19-12-14-20(15-13-19)30(2)3/h4-16H,17H2,1-3H3,(H,29,32)/b27-16-. The van der Waals surface area contributed by atoms with Crippen LogP contribution in [-0.2, 0) is 4.79 Å². The van der Waals surface area contributed by atoms with Crippen molar-refractivity contribution >= 4 is 40.5 Å². The maximum Gasteiger partial charge on any atom is 0.266 e. The zero-order valence-electron chi connectivity index (χ0n) is 19.2. The Labute approximate surface area is 202 Å². The topological polar surface area (TPSA) is 79.6 Å². The molecule has 0 saturated heterocycles. The van der Waals surface area contributed by atoms with Crippen LogP contribution in [0.25, 0.3) is 16.6 Å². The molecule has 0 aliphatic heterocycles. The van der Waals surface area contributed by atoms with Crippen LogP contribution in [0.3, 0.4) is 0 Å². The number of nitrogens with zero attached hydrogens (tertiary/aromatic N) is 4. The number of thioether (sulfide) groups is 1. The van der Waals surface area contributed by atoms with E-state index in [1.54, 1.807) is 22.9 Å². The molecule has 0 spiro atoms. The van der Waals surface area contributed by atoms with Crippen molar-refractivity contribution in [3.05, 3.63) is 94.3 Å². The minimum absolute atomic E-state index is 0.0631. The van der Waals surface area contributed by atoms with Crippen molar-refractivity contribution in [2.75, 3.05) is 24.7 Å². The smallest absolute Gasteiger partial charge is 0.266 e. The molecule has 1 heterocycles. The number of rotatable bonds is 7. The Morgan fingerprint density at radius 1 is 1.06 bits per heavy atom. The molecular formula is C26H25N5O2S. The molecule has 4 aromatic rings. The highest BCUT2D eigenvalue weighted by Gasteiger charge is 2.15. The van der Waals surface area contributed by atoms with Gasteiger partial charge in [-0.15, -0.1) is 0 Å². The third-order valence-corrected chi connectivity index (χ3v) is 6.18. The van der Waals surface area contributed by atoms with E-state index in [0.29, 0.717) is 16.1 Å². The normalized spacial score (nSPS) is 11.1. The van der Waals surface area contributed by atoms with Gasteiger partial charge in [0.1, 0.15) is 0 Å². The first-order chi connectivity index (χ1) is 16.4. The predicted molar refractivity (Wildman–Crippen MR) is 139 cm³/mol. The molecule has 0 bridgehead atoms. The lowest BCUT2D eigenvalue weighted by molar-refractivity contribution is -0.118. The molecule has 1 aromatic heterocycles. The van der Waals surface area contributed by atoms with Gasteiger partial charge in [0.15, 0.2) is 5.16 Å². The van der Waals surface area contributed by atoms with Crippen LogP contribution in [0, 0.1) is 6.92 Å². The van der Waals surface area contributed by atoms with Crippen LogP contribution in [-0.4, -0.2) is 41.5 Å². The molecule has 0 atom stereocenters. The lowest BCUT2D eigenvalue weighted by Crippen LogP contribution is -2.24. The van der Waals surface area contributed by atoms with E-state index in [1.807, 2.05) is 86.6 Å². The van der Waals surface area contributed by atoms with Gasteiger partial charge in [-0.05, 0) is 48.4 Å². The van der Waals surface area contributed by atoms with Gasteiger partial charge in [-0.3, -0.25) is 14.2 Å². The quantitative estimate of drug-likeness (QED) is 0.191. The van der Waals surface area contributed by atoms with Crippen LogP contribution in [0.1, 0.15) is 11.1 Å². The molecule has 1 N–H and O–H groups in total. The number of nitrogens with one attached hydrogen (secondary N) is 1. The number of fused-ring (bicyclic) bond motifs is 1. The lowest BCUT2D eigenvalue weighted by Gasteiger charge is -2.14. The fourth-order valence-electron chi connectivity index (χ4n) is 3.44. The van der Waals surface area contributed by atoms with E-state index in [4.69, 9.17) is 0 Å². The van der Waals surface area contributed by atoms with Crippen molar-refractivity contribution in [2.24, 2.45) is 5.10 Å². The van der Waals surface area contributed by atoms with Crippen molar-refractivity contribution in [1.29, 1.82) is 0 Å². The second-order valence-corrected chi connectivity index (χ2v) is 8.85. The molecule has 0 fully saturated rings. The Hall–Kier alpha value is -3.91. The Bertz CT molecular complexity index is 1410. The molecule has 1 amide bonds. The summed E-state index contributed by atoms with van der Waals surface area (Å²) in [5.74, 6) is -0.224. The summed E-state index contributed by atoms with van der Waals surface area (Å²) in [6.07, 6.45) is 1.60. The van der Waals surface area contributed by atoms with E-state index in [-0.39, 0.29) is 17.2 Å². The van der Waals surface area contributed by atoms with E-state index in [0.717, 1.165) is 22.5 Å². The van der Waals surface area contributed by atoms with Gasteiger partial charge in [0, 0.05) is 19.8 Å². The van der Waals surface area contributed by atoms with Crippen LogP contribution in [0.5, 0.6) is 0 Å². The maximum atomic E-state index is 13.3. The van der Waals surface area contributed by atoms with Gasteiger partial charge >= 0.3 is 0 Å². The number of hydrazone groups is 1. The summed E-state index contributed by atoms with van der Waals surface area (Å²) in [5.41, 5.74) is 6.62. The summed E-state index contributed by atoms with van der Waals surface area (Å²) in [7, 11) is 3.95. The number of hydrogen-bond acceptors (Lipinski definition) is 6. The monoisotopic (exact) mass is 471 g/mol. The van der Waals surface area contributed by atoms with Crippen LogP contribution >= 0.6 is 11.8 Å². The number of benzene rings is 3. The molecule has 0 unspecified atom stereocenters. The van der Waals surface area contributed by atoms with Gasteiger partial charge in [-0.2, -0.15) is 5.10 Å². The summed E-state index contributed by atoms with van der Waals surface area (Å²) in [6, 6.07) is 22.7. The number of hydrogen-bond donors (Lipinski definition) is 1. The summed E-state index contributed by atoms with van der Waals surface area (Å²) in [5, 5.41) is 5.04. The first kappa shape index (κ1) is 23.3. The number of aryl methyl sites for hydroxylation is 1. The molecular weight excluding hydrogens is 446 g/mol. The molecule has 0 saturated carbocycles. The maximum absolute atomic E-state index is 13.3. The number of para-hydroxylation sites is 2. The van der Waals surface area contributed by atoms with Crippen LogP contribution < -0.4 is 15.9 Å². The van der Waals surface area contributed by atoms with Crippen LogP contribution in [0.4, 0.5) is 5.69 Å². The Morgan fingerprint density at radius 3 is 2.50 bits per heavy atom.